The summed E-state index contributed by atoms with van der Waals surface area (Å²) in [5.74, 6) is 0.513. The van der Waals surface area contributed by atoms with Crippen LogP contribution in [0.15, 0.2) is 35.5 Å². The Bertz CT molecular complexity index is 624. The van der Waals surface area contributed by atoms with Gasteiger partial charge < -0.3 is 16.7 Å². The summed E-state index contributed by atoms with van der Waals surface area (Å²) < 4.78 is 0. The smallest absolute Gasteiger partial charge is 0.188 e. The van der Waals surface area contributed by atoms with E-state index >= 15 is 0 Å². The summed E-state index contributed by atoms with van der Waals surface area (Å²) >= 11 is 0. The van der Waals surface area contributed by atoms with Gasteiger partial charge in [-0.1, -0.05) is 23.4 Å². The van der Waals surface area contributed by atoms with E-state index in [0.29, 0.717) is 23.8 Å². The molecule has 0 amide bonds. The van der Waals surface area contributed by atoms with E-state index in [4.69, 9.17) is 16.7 Å². The molecule has 19 heavy (non-hydrogen) atoms. The summed E-state index contributed by atoms with van der Waals surface area (Å²) in [4.78, 5) is 8.47. The molecule has 0 aliphatic heterocycles. The number of aromatic nitrogens is 2. The van der Waals surface area contributed by atoms with Gasteiger partial charge in [-0.15, -0.1) is 0 Å². The van der Waals surface area contributed by atoms with Crippen LogP contribution in [0.3, 0.4) is 0 Å². The van der Waals surface area contributed by atoms with Crippen LogP contribution in [0.5, 0.6) is 0 Å². The fourth-order valence-electron chi connectivity index (χ4n) is 1.76. The van der Waals surface area contributed by atoms with Gasteiger partial charge in [0.25, 0.3) is 0 Å². The highest BCUT2D eigenvalue weighted by Gasteiger charge is 2.08. The van der Waals surface area contributed by atoms with Gasteiger partial charge in [-0.05, 0) is 24.6 Å². The molecule has 1 aromatic carbocycles. The van der Waals surface area contributed by atoms with Gasteiger partial charge in [0.1, 0.15) is 11.5 Å². The van der Waals surface area contributed by atoms with E-state index in [9.17, 15) is 0 Å². The number of amidine groups is 1. The SMILES string of the molecule is Cc1nc(C(N)=NO)cc(-c2cccc(CN)c2)n1. The first kappa shape index (κ1) is 13.0. The van der Waals surface area contributed by atoms with Crippen molar-refractivity contribution in [3.63, 3.8) is 0 Å². The maximum absolute atomic E-state index is 8.71. The number of nitrogens with two attached hydrogens (primary N) is 2. The molecule has 2 rings (SSSR count). The molecule has 0 bridgehead atoms. The van der Waals surface area contributed by atoms with Crippen molar-refractivity contribution in [1.82, 2.24) is 9.97 Å². The second-order valence-corrected chi connectivity index (χ2v) is 4.08. The highest BCUT2D eigenvalue weighted by molar-refractivity contribution is 5.96. The van der Waals surface area contributed by atoms with Crippen molar-refractivity contribution in [3.05, 3.63) is 47.4 Å². The molecule has 0 aliphatic rings. The van der Waals surface area contributed by atoms with Crippen LogP contribution in [0.1, 0.15) is 17.1 Å². The first-order valence-corrected chi connectivity index (χ1v) is 5.77. The summed E-state index contributed by atoms with van der Waals surface area (Å²) in [5.41, 5.74) is 14.2. The average molecular weight is 257 g/mol. The third kappa shape index (κ3) is 2.86. The Hall–Kier alpha value is -2.47. The zero-order chi connectivity index (χ0) is 13.8. The number of rotatable bonds is 3. The Morgan fingerprint density at radius 1 is 1.32 bits per heavy atom. The highest BCUT2D eigenvalue weighted by atomic mass is 16.4. The van der Waals surface area contributed by atoms with E-state index in [2.05, 4.69) is 15.1 Å². The van der Waals surface area contributed by atoms with Gasteiger partial charge in [0, 0.05) is 12.1 Å². The van der Waals surface area contributed by atoms with Crippen molar-refractivity contribution < 1.29 is 5.21 Å². The number of benzene rings is 1. The number of aryl methyl sites for hydroxylation is 1. The summed E-state index contributed by atoms with van der Waals surface area (Å²) in [6.45, 7) is 2.22. The third-order valence-electron chi connectivity index (χ3n) is 2.67. The van der Waals surface area contributed by atoms with Gasteiger partial charge in [0.05, 0.1) is 5.69 Å². The van der Waals surface area contributed by atoms with E-state index in [1.807, 2.05) is 24.3 Å². The summed E-state index contributed by atoms with van der Waals surface area (Å²) in [6, 6.07) is 9.42. The first-order chi connectivity index (χ1) is 9.13. The zero-order valence-electron chi connectivity index (χ0n) is 10.5. The van der Waals surface area contributed by atoms with Gasteiger partial charge >= 0.3 is 0 Å². The molecule has 6 heteroatoms. The number of oxime groups is 1. The van der Waals surface area contributed by atoms with Crippen LogP contribution in [0.25, 0.3) is 11.3 Å². The lowest BCUT2D eigenvalue weighted by Gasteiger charge is -2.06. The van der Waals surface area contributed by atoms with Gasteiger partial charge in [-0.25, -0.2) is 9.97 Å². The Morgan fingerprint density at radius 2 is 2.11 bits per heavy atom. The van der Waals surface area contributed by atoms with Crippen LogP contribution >= 0.6 is 0 Å². The molecule has 1 aromatic heterocycles. The number of nitrogens with zero attached hydrogens (tertiary/aromatic N) is 3. The van der Waals surface area contributed by atoms with Gasteiger partial charge in [-0.3, -0.25) is 0 Å². The van der Waals surface area contributed by atoms with Crippen LogP contribution in [-0.2, 0) is 6.54 Å². The van der Waals surface area contributed by atoms with Crippen molar-refractivity contribution in [3.8, 4) is 11.3 Å². The van der Waals surface area contributed by atoms with E-state index in [1.165, 1.54) is 0 Å². The minimum absolute atomic E-state index is 0.0401. The molecule has 0 saturated heterocycles. The fourth-order valence-corrected chi connectivity index (χ4v) is 1.76. The zero-order valence-corrected chi connectivity index (χ0v) is 10.5. The maximum Gasteiger partial charge on any atom is 0.188 e. The molecule has 5 N–H and O–H groups in total. The molecule has 1 heterocycles. The Kier molecular flexibility index (Phi) is 3.72. The average Bonchev–Trinajstić information content (AvgIpc) is 2.45. The minimum atomic E-state index is -0.0401. The number of hydrogen-bond donors (Lipinski definition) is 3. The lowest BCUT2D eigenvalue weighted by molar-refractivity contribution is 0.318. The molecule has 6 nitrogen and oxygen atoms in total. The van der Waals surface area contributed by atoms with E-state index < -0.39 is 0 Å². The molecular weight excluding hydrogens is 242 g/mol. The fraction of sp³-hybridized carbons (Fsp3) is 0.154. The lowest BCUT2D eigenvalue weighted by atomic mass is 10.1. The molecule has 2 aromatic rings. The van der Waals surface area contributed by atoms with Crippen molar-refractivity contribution in [2.45, 2.75) is 13.5 Å². The second-order valence-electron chi connectivity index (χ2n) is 4.08. The molecule has 0 aliphatic carbocycles. The molecule has 0 atom stereocenters. The monoisotopic (exact) mass is 257 g/mol. The largest absolute Gasteiger partial charge is 0.409 e. The van der Waals surface area contributed by atoms with Crippen LogP contribution in [-0.4, -0.2) is 21.0 Å². The highest BCUT2D eigenvalue weighted by Crippen LogP contribution is 2.19. The molecular formula is C13H15N5O. The Morgan fingerprint density at radius 3 is 2.79 bits per heavy atom. The predicted molar refractivity (Wildman–Crippen MR) is 72.6 cm³/mol. The quantitative estimate of drug-likeness (QED) is 0.329. The van der Waals surface area contributed by atoms with Gasteiger partial charge in [0.15, 0.2) is 5.84 Å². The van der Waals surface area contributed by atoms with Crippen molar-refractivity contribution in [2.75, 3.05) is 0 Å². The lowest BCUT2D eigenvalue weighted by Crippen LogP contribution is -2.16. The third-order valence-corrected chi connectivity index (χ3v) is 2.67. The normalized spacial score (nSPS) is 11.6. The Balaban J connectivity index is 2.52. The standard InChI is InChI=1S/C13H15N5O/c1-8-16-11(6-12(17-8)13(15)18-19)10-4-2-3-9(5-10)7-14/h2-6,19H,7,14H2,1H3,(H2,15,18). The molecule has 0 fully saturated rings. The summed E-state index contributed by atoms with van der Waals surface area (Å²) in [5, 5.41) is 11.7. The summed E-state index contributed by atoms with van der Waals surface area (Å²) in [7, 11) is 0. The van der Waals surface area contributed by atoms with Crippen LogP contribution in [0, 0.1) is 6.92 Å². The Labute approximate surface area is 110 Å². The van der Waals surface area contributed by atoms with Crippen LogP contribution in [0.4, 0.5) is 0 Å². The maximum atomic E-state index is 8.71. The second kappa shape index (κ2) is 5.45. The van der Waals surface area contributed by atoms with E-state index in [0.717, 1.165) is 11.1 Å². The molecule has 0 saturated carbocycles. The topological polar surface area (TPSA) is 110 Å². The van der Waals surface area contributed by atoms with Gasteiger partial charge in [0.2, 0.25) is 0 Å². The van der Waals surface area contributed by atoms with E-state index in [1.54, 1.807) is 13.0 Å². The molecule has 98 valence electrons. The van der Waals surface area contributed by atoms with Crippen molar-refractivity contribution >= 4 is 5.84 Å². The predicted octanol–water partition coefficient (Wildman–Crippen LogP) is 1.01. The number of hydrogen-bond acceptors (Lipinski definition) is 5. The molecule has 0 spiro atoms. The van der Waals surface area contributed by atoms with Crippen molar-refractivity contribution in [2.24, 2.45) is 16.6 Å². The minimum Gasteiger partial charge on any atom is -0.409 e. The van der Waals surface area contributed by atoms with Crippen LogP contribution in [0.2, 0.25) is 0 Å². The summed E-state index contributed by atoms with van der Waals surface area (Å²) in [6.07, 6.45) is 0. The van der Waals surface area contributed by atoms with Crippen LogP contribution < -0.4 is 11.5 Å². The van der Waals surface area contributed by atoms with Crippen molar-refractivity contribution in [1.29, 1.82) is 0 Å². The van der Waals surface area contributed by atoms with E-state index in [-0.39, 0.29) is 5.84 Å². The first-order valence-electron chi connectivity index (χ1n) is 5.77. The molecule has 0 radical (unpaired) electrons. The van der Waals surface area contributed by atoms with Gasteiger partial charge in [-0.2, -0.15) is 0 Å². The molecule has 0 unspecified atom stereocenters.